The molecular formula is C31H32BN3O3. The third kappa shape index (κ3) is 4.03. The highest BCUT2D eigenvalue weighted by atomic mass is 16.6. The first-order valence-corrected chi connectivity index (χ1v) is 13.1. The average molecular weight is 505 g/mol. The Balaban J connectivity index is 1.57. The summed E-state index contributed by atoms with van der Waals surface area (Å²) in [6, 6.07) is 23.1. The molecule has 0 radical (unpaired) electrons. The molecule has 0 aliphatic rings. The van der Waals surface area contributed by atoms with Crippen LogP contribution in [0.1, 0.15) is 45.4 Å². The molecule has 6 nitrogen and oxygen atoms in total. The molecule has 0 aliphatic heterocycles. The number of fused-ring (bicyclic) bond motifs is 6. The first-order chi connectivity index (χ1) is 18.3. The second kappa shape index (κ2) is 9.19. The van der Waals surface area contributed by atoms with E-state index in [1.54, 1.807) is 7.11 Å². The third-order valence-corrected chi connectivity index (χ3v) is 6.98. The van der Waals surface area contributed by atoms with Crippen LogP contribution in [0.15, 0.2) is 76.6 Å². The van der Waals surface area contributed by atoms with E-state index in [2.05, 4.69) is 76.6 Å². The Morgan fingerprint density at radius 3 is 2.42 bits per heavy atom. The van der Waals surface area contributed by atoms with Crippen molar-refractivity contribution in [3.63, 3.8) is 0 Å². The molecule has 3 aromatic carbocycles. The number of benzene rings is 3. The van der Waals surface area contributed by atoms with E-state index in [1.807, 2.05) is 39.8 Å². The van der Waals surface area contributed by atoms with Gasteiger partial charge >= 0.3 is 7.12 Å². The van der Waals surface area contributed by atoms with Gasteiger partial charge < -0.3 is 13.7 Å². The van der Waals surface area contributed by atoms with Gasteiger partial charge in [-0.3, -0.25) is 8.97 Å². The predicted molar refractivity (Wildman–Crippen MR) is 156 cm³/mol. The van der Waals surface area contributed by atoms with E-state index in [0.29, 0.717) is 0 Å². The van der Waals surface area contributed by atoms with Crippen LogP contribution in [0, 0.1) is 6.92 Å². The summed E-state index contributed by atoms with van der Waals surface area (Å²) in [4.78, 5) is 5.02. The van der Waals surface area contributed by atoms with Crippen LogP contribution in [0.2, 0.25) is 0 Å². The fourth-order valence-corrected chi connectivity index (χ4v) is 5.27. The fraction of sp³-hybridized carbons (Fsp3) is 0.258. The van der Waals surface area contributed by atoms with Crippen molar-refractivity contribution in [1.29, 1.82) is 0 Å². The van der Waals surface area contributed by atoms with Crippen LogP contribution in [0.3, 0.4) is 0 Å². The summed E-state index contributed by atoms with van der Waals surface area (Å²) in [7, 11) is 1.26. The second-order valence-electron chi connectivity index (χ2n) is 10.7. The smallest absolute Gasteiger partial charge is 0.461 e. The maximum absolute atomic E-state index is 6.21. The monoisotopic (exact) mass is 505 g/mol. The molecule has 0 atom stereocenters. The molecule has 7 heteroatoms. The van der Waals surface area contributed by atoms with Crippen molar-refractivity contribution in [3.05, 3.63) is 83.5 Å². The SMILES string of the molecule is CCC(=Cc1c(C)oc2ccc(-n3c4ccccc4n4c5ccccc5nc34)cc12)B(OC)OC(C)(C)C. The number of allylic oxidation sites excluding steroid dienone is 1. The number of rotatable bonds is 6. The van der Waals surface area contributed by atoms with Gasteiger partial charge in [0.2, 0.25) is 5.78 Å². The van der Waals surface area contributed by atoms with E-state index in [0.717, 1.165) is 67.7 Å². The zero-order valence-corrected chi connectivity index (χ0v) is 22.8. The highest BCUT2D eigenvalue weighted by Crippen LogP contribution is 2.34. The lowest BCUT2D eigenvalue weighted by molar-refractivity contribution is 0.0957. The predicted octanol–water partition coefficient (Wildman–Crippen LogP) is 7.77. The third-order valence-electron chi connectivity index (χ3n) is 6.98. The molecule has 38 heavy (non-hydrogen) atoms. The normalized spacial score (nSPS) is 12.9. The molecule has 3 heterocycles. The lowest BCUT2D eigenvalue weighted by Crippen LogP contribution is -2.34. The van der Waals surface area contributed by atoms with Crippen LogP contribution in [-0.2, 0) is 9.31 Å². The van der Waals surface area contributed by atoms with Gasteiger partial charge in [-0.05, 0) is 82.1 Å². The Morgan fingerprint density at radius 1 is 1.00 bits per heavy atom. The van der Waals surface area contributed by atoms with Crippen LogP contribution < -0.4 is 0 Å². The van der Waals surface area contributed by atoms with Crippen molar-refractivity contribution >= 4 is 52.0 Å². The van der Waals surface area contributed by atoms with E-state index >= 15 is 0 Å². The van der Waals surface area contributed by atoms with Crippen molar-refractivity contribution in [1.82, 2.24) is 14.0 Å². The Hall–Kier alpha value is -3.81. The molecule has 0 saturated carbocycles. The highest BCUT2D eigenvalue weighted by Gasteiger charge is 2.28. The van der Waals surface area contributed by atoms with Gasteiger partial charge in [0.15, 0.2) is 0 Å². The molecule has 0 unspecified atom stereocenters. The lowest BCUT2D eigenvalue weighted by Gasteiger charge is -2.25. The van der Waals surface area contributed by atoms with Crippen molar-refractivity contribution < 1.29 is 13.7 Å². The molecule has 0 amide bonds. The summed E-state index contributed by atoms with van der Waals surface area (Å²) in [5.41, 5.74) is 7.94. The maximum Gasteiger partial charge on any atom is 0.489 e. The van der Waals surface area contributed by atoms with Crippen molar-refractivity contribution in [2.75, 3.05) is 7.11 Å². The summed E-state index contributed by atoms with van der Waals surface area (Å²) in [6.45, 7) is 10.3. The number of nitrogens with zero attached hydrogens (tertiary/aromatic N) is 3. The maximum atomic E-state index is 6.21. The van der Waals surface area contributed by atoms with Crippen LogP contribution in [0.25, 0.3) is 50.6 Å². The van der Waals surface area contributed by atoms with E-state index in [4.69, 9.17) is 18.7 Å². The van der Waals surface area contributed by atoms with E-state index in [1.165, 1.54) is 0 Å². The summed E-state index contributed by atoms with van der Waals surface area (Å²) in [6.07, 6.45) is 2.96. The van der Waals surface area contributed by atoms with Crippen LogP contribution in [-0.4, -0.2) is 33.8 Å². The summed E-state index contributed by atoms with van der Waals surface area (Å²) in [5, 5.41) is 1.05. The van der Waals surface area contributed by atoms with Crippen LogP contribution >= 0.6 is 0 Å². The molecule has 0 N–H and O–H groups in total. The summed E-state index contributed by atoms with van der Waals surface area (Å²) in [5.74, 6) is 1.75. The van der Waals surface area contributed by atoms with Gasteiger partial charge in [0, 0.05) is 23.7 Å². The second-order valence-corrected chi connectivity index (χ2v) is 10.7. The number of hydrogen-bond donors (Lipinski definition) is 0. The van der Waals surface area contributed by atoms with Gasteiger partial charge in [-0.2, -0.15) is 0 Å². The Morgan fingerprint density at radius 2 is 1.71 bits per heavy atom. The number of imidazole rings is 2. The number of aryl methyl sites for hydroxylation is 1. The van der Waals surface area contributed by atoms with Crippen LogP contribution in [0.5, 0.6) is 0 Å². The number of hydrogen-bond acceptors (Lipinski definition) is 4. The Bertz CT molecular complexity index is 1830. The lowest BCUT2D eigenvalue weighted by atomic mass is 9.74. The average Bonchev–Trinajstić information content (AvgIpc) is 3.53. The first kappa shape index (κ1) is 24.5. The standard InChI is InChI=1S/C31H32BN3O3/c1-7-21(32(36-6)38-31(3,4)5)18-23-20(2)37-29-17-16-22(19-24(23)29)34-27-14-10-11-15-28(27)35-26-13-9-8-12-25(26)33-30(34)35/h8-19H,7H2,1-6H3. The molecule has 0 saturated heterocycles. The van der Waals surface area contributed by atoms with Gasteiger partial charge in [0.25, 0.3) is 0 Å². The first-order valence-electron chi connectivity index (χ1n) is 13.1. The van der Waals surface area contributed by atoms with Crippen molar-refractivity contribution in [3.8, 4) is 5.69 Å². The molecule has 0 spiro atoms. The summed E-state index contributed by atoms with van der Waals surface area (Å²) >= 11 is 0. The van der Waals surface area contributed by atoms with Gasteiger partial charge in [-0.25, -0.2) is 4.98 Å². The van der Waals surface area contributed by atoms with Crippen molar-refractivity contribution in [2.24, 2.45) is 0 Å². The Kier molecular flexibility index (Phi) is 5.93. The fourth-order valence-electron chi connectivity index (χ4n) is 5.27. The molecule has 0 aliphatic carbocycles. The van der Waals surface area contributed by atoms with E-state index < -0.39 is 7.12 Å². The quantitative estimate of drug-likeness (QED) is 0.217. The Labute approximate surface area is 222 Å². The minimum absolute atomic E-state index is 0.329. The van der Waals surface area contributed by atoms with Gasteiger partial charge in [0.1, 0.15) is 11.3 Å². The molecule has 6 rings (SSSR count). The molecule has 192 valence electrons. The zero-order valence-electron chi connectivity index (χ0n) is 22.8. The number of para-hydroxylation sites is 4. The molecular weight excluding hydrogens is 473 g/mol. The molecule has 3 aromatic heterocycles. The minimum atomic E-state index is -0.433. The van der Waals surface area contributed by atoms with Crippen molar-refractivity contribution in [2.45, 2.75) is 46.6 Å². The summed E-state index contributed by atoms with van der Waals surface area (Å²) < 4.78 is 22.6. The van der Waals surface area contributed by atoms with E-state index in [9.17, 15) is 0 Å². The van der Waals surface area contributed by atoms with Gasteiger partial charge in [-0.1, -0.05) is 37.3 Å². The van der Waals surface area contributed by atoms with Gasteiger partial charge in [0.05, 0.1) is 27.8 Å². The number of furan rings is 1. The van der Waals surface area contributed by atoms with Crippen LogP contribution in [0.4, 0.5) is 0 Å². The topological polar surface area (TPSA) is 53.8 Å². The molecule has 0 bridgehead atoms. The minimum Gasteiger partial charge on any atom is -0.461 e. The number of aromatic nitrogens is 3. The van der Waals surface area contributed by atoms with Gasteiger partial charge in [-0.15, -0.1) is 0 Å². The largest absolute Gasteiger partial charge is 0.489 e. The highest BCUT2D eigenvalue weighted by molar-refractivity contribution is 6.55. The molecule has 0 fully saturated rings. The zero-order chi connectivity index (χ0) is 26.6. The van der Waals surface area contributed by atoms with E-state index in [-0.39, 0.29) is 5.60 Å². The molecule has 6 aromatic rings.